The highest BCUT2D eigenvalue weighted by Crippen LogP contribution is 2.40. The average molecular weight is 278 g/mol. The molecule has 1 saturated heterocycles. The Bertz CT molecular complexity index is 323. The number of nitrogens with zero attached hydrogens (tertiary/aromatic N) is 1. The van der Waals surface area contributed by atoms with Crippen LogP contribution in [-0.2, 0) is 0 Å². The van der Waals surface area contributed by atoms with E-state index >= 15 is 0 Å². The minimum absolute atomic E-state index is 0.451. The van der Waals surface area contributed by atoms with Gasteiger partial charge in [-0.2, -0.15) is 0 Å². The van der Waals surface area contributed by atoms with Crippen molar-refractivity contribution in [3.8, 4) is 0 Å². The van der Waals surface area contributed by atoms with Crippen LogP contribution in [0.4, 0.5) is 0 Å². The monoisotopic (exact) mass is 278 g/mol. The first-order valence-electron chi connectivity index (χ1n) is 9.05. The van der Waals surface area contributed by atoms with Gasteiger partial charge in [0.15, 0.2) is 0 Å². The zero-order valence-corrected chi connectivity index (χ0v) is 13.6. The summed E-state index contributed by atoms with van der Waals surface area (Å²) in [5.41, 5.74) is 6.97. The van der Waals surface area contributed by atoms with Crippen molar-refractivity contribution in [3.05, 3.63) is 0 Å². The summed E-state index contributed by atoms with van der Waals surface area (Å²) in [7, 11) is 0. The maximum Gasteiger partial charge on any atom is 0.0124 e. The van der Waals surface area contributed by atoms with Crippen LogP contribution in [0.1, 0.15) is 71.6 Å². The van der Waals surface area contributed by atoms with E-state index in [4.69, 9.17) is 5.73 Å². The number of nitrogens with two attached hydrogens (primary N) is 1. The third kappa shape index (κ3) is 3.22. The molecule has 3 fully saturated rings. The summed E-state index contributed by atoms with van der Waals surface area (Å²) < 4.78 is 0. The van der Waals surface area contributed by atoms with Gasteiger partial charge < -0.3 is 5.73 Å². The molecule has 2 N–H and O–H groups in total. The third-order valence-corrected chi connectivity index (χ3v) is 6.40. The van der Waals surface area contributed by atoms with Crippen molar-refractivity contribution in [2.24, 2.45) is 23.0 Å². The second kappa shape index (κ2) is 5.96. The quantitative estimate of drug-likeness (QED) is 0.832. The van der Waals surface area contributed by atoms with Gasteiger partial charge in [0, 0.05) is 18.6 Å². The van der Waals surface area contributed by atoms with Gasteiger partial charge in [0.25, 0.3) is 0 Å². The van der Waals surface area contributed by atoms with Gasteiger partial charge >= 0.3 is 0 Å². The Morgan fingerprint density at radius 2 is 1.80 bits per heavy atom. The highest BCUT2D eigenvalue weighted by molar-refractivity contribution is 4.93. The van der Waals surface area contributed by atoms with E-state index in [2.05, 4.69) is 18.7 Å². The molecule has 2 aliphatic carbocycles. The van der Waals surface area contributed by atoms with Gasteiger partial charge in [-0.1, -0.05) is 26.7 Å². The number of fused-ring (bicyclic) bond motifs is 1. The van der Waals surface area contributed by atoms with Crippen LogP contribution in [0.3, 0.4) is 0 Å². The van der Waals surface area contributed by atoms with E-state index in [0.29, 0.717) is 11.5 Å². The fourth-order valence-electron chi connectivity index (χ4n) is 5.21. The molecule has 2 unspecified atom stereocenters. The van der Waals surface area contributed by atoms with Crippen molar-refractivity contribution >= 4 is 0 Å². The first-order chi connectivity index (χ1) is 9.55. The summed E-state index contributed by atoms with van der Waals surface area (Å²) in [6, 6.07) is 1.35. The molecule has 20 heavy (non-hydrogen) atoms. The zero-order valence-electron chi connectivity index (χ0n) is 13.6. The second-order valence-electron chi connectivity index (χ2n) is 8.58. The predicted molar refractivity (Wildman–Crippen MR) is 85.7 cm³/mol. The summed E-state index contributed by atoms with van der Waals surface area (Å²) in [6.45, 7) is 7.49. The van der Waals surface area contributed by atoms with E-state index < -0.39 is 0 Å². The number of likely N-dealkylation sites (tertiary alicyclic amines) is 1. The lowest BCUT2D eigenvalue weighted by molar-refractivity contribution is 0.0271. The van der Waals surface area contributed by atoms with Crippen LogP contribution in [0.5, 0.6) is 0 Å². The normalized spacial score (nSPS) is 42.1. The SMILES string of the molecule is CC1(C)CCC(N)C(CN2CCC[C@H]3CCCC[C@H]32)C1. The number of hydrogen-bond donors (Lipinski definition) is 1. The summed E-state index contributed by atoms with van der Waals surface area (Å²) in [5, 5.41) is 0. The Hall–Kier alpha value is -0.0800. The largest absolute Gasteiger partial charge is 0.327 e. The first kappa shape index (κ1) is 14.8. The maximum atomic E-state index is 6.46. The smallest absolute Gasteiger partial charge is 0.0124 e. The molecule has 116 valence electrons. The van der Waals surface area contributed by atoms with Gasteiger partial charge in [-0.3, -0.25) is 4.90 Å². The molecule has 0 aromatic heterocycles. The molecule has 0 bridgehead atoms. The lowest BCUT2D eigenvalue weighted by Gasteiger charge is -2.48. The van der Waals surface area contributed by atoms with E-state index in [-0.39, 0.29) is 0 Å². The van der Waals surface area contributed by atoms with Gasteiger partial charge in [0.2, 0.25) is 0 Å². The molecule has 0 radical (unpaired) electrons. The number of rotatable bonds is 2. The predicted octanol–water partition coefficient (Wildman–Crippen LogP) is 3.79. The van der Waals surface area contributed by atoms with Gasteiger partial charge in [-0.25, -0.2) is 0 Å². The fraction of sp³-hybridized carbons (Fsp3) is 1.00. The van der Waals surface area contributed by atoms with Crippen LogP contribution in [0.15, 0.2) is 0 Å². The van der Waals surface area contributed by atoms with Crippen LogP contribution >= 0.6 is 0 Å². The summed E-state index contributed by atoms with van der Waals surface area (Å²) in [4.78, 5) is 2.85. The van der Waals surface area contributed by atoms with Crippen LogP contribution in [-0.4, -0.2) is 30.1 Å². The van der Waals surface area contributed by atoms with Crippen molar-refractivity contribution in [1.82, 2.24) is 4.90 Å². The number of piperidine rings is 1. The van der Waals surface area contributed by atoms with Crippen LogP contribution < -0.4 is 5.73 Å². The first-order valence-corrected chi connectivity index (χ1v) is 9.05. The molecule has 2 heteroatoms. The molecule has 3 rings (SSSR count). The van der Waals surface area contributed by atoms with Gasteiger partial charge in [0.1, 0.15) is 0 Å². The highest BCUT2D eigenvalue weighted by atomic mass is 15.2. The van der Waals surface area contributed by atoms with E-state index in [1.54, 1.807) is 0 Å². The zero-order chi connectivity index (χ0) is 14.2. The molecular formula is C18H34N2. The maximum absolute atomic E-state index is 6.46. The second-order valence-corrected chi connectivity index (χ2v) is 8.58. The summed E-state index contributed by atoms with van der Waals surface area (Å²) in [5.74, 6) is 1.74. The molecule has 0 aromatic rings. The molecule has 3 aliphatic rings. The van der Waals surface area contributed by atoms with Crippen LogP contribution in [0.2, 0.25) is 0 Å². The minimum atomic E-state index is 0.451. The molecule has 1 aliphatic heterocycles. The molecule has 0 aromatic carbocycles. The van der Waals surface area contributed by atoms with Crippen molar-refractivity contribution in [2.45, 2.75) is 83.7 Å². The highest BCUT2D eigenvalue weighted by Gasteiger charge is 2.38. The molecule has 4 atom stereocenters. The summed E-state index contributed by atoms with van der Waals surface area (Å²) >= 11 is 0. The van der Waals surface area contributed by atoms with E-state index in [0.717, 1.165) is 17.9 Å². The van der Waals surface area contributed by atoms with Gasteiger partial charge in [-0.05, 0) is 68.7 Å². The Balaban J connectivity index is 1.63. The molecule has 0 amide bonds. The van der Waals surface area contributed by atoms with Crippen LogP contribution in [0.25, 0.3) is 0 Å². The molecule has 2 saturated carbocycles. The molecule has 1 heterocycles. The summed E-state index contributed by atoms with van der Waals surface area (Å²) in [6.07, 6.45) is 12.7. The van der Waals surface area contributed by atoms with Crippen molar-refractivity contribution < 1.29 is 0 Å². The third-order valence-electron chi connectivity index (χ3n) is 6.40. The Labute approximate surface area is 125 Å². The Morgan fingerprint density at radius 3 is 2.65 bits per heavy atom. The van der Waals surface area contributed by atoms with Crippen molar-refractivity contribution in [1.29, 1.82) is 0 Å². The topological polar surface area (TPSA) is 29.3 Å². The molecule has 2 nitrogen and oxygen atoms in total. The van der Waals surface area contributed by atoms with Crippen molar-refractivity contribution in [3.63, 3.8) is 0 Å². The van der Waals surface area contributed by atoms with E-state index in [1.165, 1.54) is 70.9 Å². The lowest BCUT2D eigenvalue weighted by Crippen LogP contribution is -2.52. The molecular weight excluding hydrogens is 244 g/mol. The number of hydrogen-bond acceptors (Lipinski definition) is 2. The van der Waals surface area contributed by atoms with Gasteiger partial charge in [-0.15, -0.1) is 0 Å². The van der Waals surface area contributed by atoms with E-state index in [9.17, 15) is 0 Å². The van der Waals surface area contributed by atoms with E-state index in [1.807, 2.05) is 0 Å². The lowest BCUT2D eigenvalue weighted by atomic mass is 9.69. The van der Waals surface area contributed by atoms with Crippen LogP contribution in [0, 0.1) is 17.3 Å². The average Bonchev–Trinajstić information content (AvgIpc) is 2.43. The minimum Gasteiger partial charge on any atom is -0.327 e. The fourth-order valence-corrected chi connectivity index (χ4v) is 5.21. The Morgan fingerprint density at radius 1 is 1.05 bits per heavy atom. The molecule has 0 spiro atoms. The van der Waals surface area contributed by atoms with Crippen molar-refractivity contribution in [2.75, 3.05) is 13.1 Å². The Kier molecular flexibility index (Phi) is 4.42. The standard InChI is InChI=1S/C18H34N2/c1-18(2)10-9-16(19)15(12-18)13-20-11-5-7-14-6-3-4-8-17(14)20/h14-17H,3-13,19H2,1-2H3/t14-,15?,16?,17-/m1/s1. The van der Waals surface area contributed by atoms with Gasteiger partial charge in [0.05, 0.1) is 0 Å².